The summed E-state index contributed by atoms with van der Waals surface area (Å²) in [7, 11) is 0. The Morgan fingerprint density at radius 3 is 2.68 bits per heavy atom. The molecule has 0 bridgehead atoms. The van der Waals surface area contributed by atoms with E-state index in [1.807, 2.05) is 0 Å². The van der Waals surface area contributed by atoms with Crippen molar-refractivity contribution in [2.75, 3.05) is 25.0 Å². The summed E-state index contributed by atoms with van der Waals surface area (Å²) in [5.41, 5.74) is 0.0501. The Balaban J connectivity index is 2.20. The molecule has 1 atom stereocenters. The van der Waals surface area contributed by atoms with Gasteiger partial charge in [0.05, 0.1) is 5.52 Å². The minimum Gasteiger partial charge on any atom is -0.480 e. The van der Waals surface area contributed by atoms with Crippen LogP contribution in [-0.2, 0) is 4.79 Å². The van der Waals surface area contributed by atoms with Crippen LogP contribution < -0.4 is 5.32 Å². The molecule has 2 aromatic rings. The number of aromatic nitrogens is 1. The number of halogens is 1. The molecule has 1 unspecified atom stereocenters. The predicted octanol–water partition coefficient (Wildman–Crippen LogP) is 3.75. The molecule has 0 saturated heterocycles. The summed E-state index contributed by atoms with van der Waals surface area (Å²) >= 11 is 0. The van der Waals surface area contributed by atoms with Crippen molar-refractivity contribution in [3.63, 3.8) is 0 Å². The quantitative estimate of drug-likeness (QED) is 0.723. The van der Waals surface area contributed by atoms with Crippen molar-refractivity contribution in [2.45, 2.75) is 39.2 Å². The number of fused-ring (bicyclic) bond motifs is 1. The molecule has 0 spiro atoms. The molecule has 0 radical (unpaired) electrons. The molecule has 25 heavy (non-hydrogen) atoms. The number of benzene rings is 1. The van der Waals surface area contributed by atoms with Crippen LogP contribution in [0.1, 0.15) is 33.6 Å². The van der Waals surface area contributed by atoms with E-state index in [4.69, 9.17) is 0 Å². The number of hydrogen-bond donors (Lipinski definition) is 2. The first-order chi connectivity index (χ1) is 11.9. The smallest absolute Gasteiger partial charge is 0.329 e. The SMILES string of the molecule is CCN(CC)CCCC(C)(Nc1ccnc2cc(F)ccc12)C(=O)O. The van der Waals surface area contributed by atoms with E-state index < -0.39 is 11.5 Å². The number of pyridine rings is 1. The van der Waals surface area contributed by atoms with Gasteiger partial charge in [-0.25, -0.2) is 9.18 Å². The highest BCUT2D eigenvalue weighted by Gasteiger charge is 2.33. The van der Waals surface area contributed by atoms with Crippen LogP contribution in [0.2, 0.25) is 0 Å². The van der Waals surface area contributed by atoms with E-state index in [2.05, 4.69) is 29.0 Å². The van der Waals surface area contributed by atoms with E-state index >= 15 is 0 Å². The highest BCUT2D eigenvalue weighted by atomic mass is 19.1. The third-order valence-corrected chi connectivity index (χ3v) is 4.63. The Bertz CT molecular complexity index is 734. The zero-order chi connectivity index (χ0) is 18.4. The minimum atomic E-state index is -1.10. The third kappa shape index (κ3) is 4.66. The van der Waals surface area contributed by atoms with Crippen LogP contribution in [-0.4, -0.2) is 46.1 Å². The van der Waals surface area contributed by atoms with Crippen molar-refractivity contribution < 1.29 is 14.3 Å². The van der Waals surface area contributed by atoms with Gasteiger partial charge < -0.3 is 15.3 Å². The average Bonchev–Trinajstić information content (AvgIpc) is 2.58. The van der Waals surface area contributed by atoms with Gasteiger partial charge in [-0.15, -0.1) is 0 Å². The maximum Gasteiger partial charge on any atom is 0.329 e. The monoisotopic (exact) mass is 347 g/mol. The second-order valence-electron chi connectivity index (χ2n) is 6.41. The topological polar surface area (TPSA) is 65.5 Å². The number of carboxylic acid groups (broad SMARTS) is 1. The van der Waals surface area contributed by atoms with Crippen molar-refractivity contribution >= 4 is 22.6 Å². The average molecular weight is 347 g/mol. The third-order valence-electron chi connectivity index (χ3n) is 4.63. The molecule has 0 saturated carbocycles. The van der Waals surface area contributed by atoms with Crippen LogP contribution >= 0.6 is 0 Å². The second kappa shape index (κ2) is 8.25. The molecule has 2 N–H and O–H groups in total. The maximum atomic E-state index is 13.4. The Morgan fingerprint density at radius 2 is 2.04 bits per heavy atom. The molecule has 0 aliphatic rings. The first kappa shape index (κ1) is 19.1. The van der Waals surface area contributed by atoms with Crippen molar-refractivity contribution in [3.05, 3.63) is 36.3 Å². The highest BCUT2D eigenvalue weighted by molar-refractivity contribution is 5.93. The normalized spacial score (nSPS) is 13.8. The number of nitrogens with zero attached hydrogens (tertiary/aromatic N) is 2. The molecule has 136 valence electrons. The fourth-order valence-electron chi connectivity index (χ4n) is 2.95. The molecule has 0 aliphatic carbocycles. The zero-order valence-corrected chi connectivity index (χ0v) is 15.1. The van der Waals surface area contributed by atoms with Crippen LogP contribution in [0.4, 0.5) is 10.1 Å². The fraction of sp³-hybridized carbons (Fsp3) is 0.474. The molecule has 5 nitrogen and oxygen atoms in total. The van der Waals surface area contributed by atoms with E-state index in [-0.39, 0.29) is 5.82 Å². The van der Waals surface area contributed by atoms with Crippen LogP contribution in [0.15, 0.2) is 30.5 Å². The van der Waals surface area contributed by atoms with Gasteiger partial charge in [-0.2, -0.15) is 0 Å². The molecule has 0 aliphatic heterocycles. The van der Waals surface area contributed by atoms with Gasteiger partial charge in [-0.3, -0.25) is 4.98 Å². The van der Waals surface area contributed by atoms with Gasteiger partial charge >= 0.3 is 5.97 Å². The molecule has 2 rings (SSSR count). The number of rotatable bonds is 9. The summed E-state index contributed by atoms with van der Waals surface area (Å²) in [5.74, 6) is -1.27. The van der Waals surface area contributed by atoms with Crippen LogP contribution in [0.3, 0.4) is 0 Å². The van der Waals surface area contributed by atoms with Gasteiger partial charge in [0, 0.05) is 23.3 Å². The fourth-order valence-corrected chi connectivity index (χ4v) is 2.95. The van der Waals surface area contributed by atoms with Crippen molar-refractivity contribution in [3.8, 4) is 0 Å². The molecule has 0 amide bonds. The van der Waals surface area contributed by atoms with Gasteiger partial charge in [0.2, 0.25) is 0 Å². The summed E-state index contributed by atoms with van der Waals surface area (Å²) in [6.45, 7) is 8.65. The predicted molar refractivity (Wildman–Crippen MR) is 98.4 cm³/mol. The Kier molecular flexibility index (Phi) is 6.31. The van der Waals surface area contributed by atoms with Gasteiger partial charge in [-0.05, 0) is 57.6 Å². The maximum absolute atomic E-state index is 13.4. The molecular formula is C19H26FN3O2. The van der Waals surface area contributed by atoms with Crippen molar-refractivity contribution in [1.29, 1.82) is 0 Å². The number of carbonyl (C=O) groups is 1. The summed E-state index contributed by atoms with van der Waals surface area (Å²) in [6.07, 6.45) is 2.82. The lowest BCUT2D eigenvalue weighted by molar-refractivity contribution is -0.142. The van der Waals surface area contributed by atoms with Gasteiger partial charge in [-0.1, -0.05) is 13.8 Å². The molecule has 1 heterocycles. The Labute approximate surface area is 147 Å². The number of aliphatic carboxylic acids is 1. The van der Waals surface area contributed by atoms with E-state index in [9.17, 15) is 14.3 Å². The first-order valence-electron chi connectivity index (χ1n) is 8.68. The standard InChI is InChI=1S/C19H26FN3O2/c1-4-23(5-2)12-6-10-19(3,18(24)25)22-16-9-11-21-17-13-14(20)7-8-15(16)17/h7-9,11,13H,4-6,10,12H2,1-3H3,(H,21,22)(H,24,25). The summed E-state index contributed by atoms with van der Waals surface area (Å²) in [4.78, 5) is 18.3. The number of carboxylic acids is 1. The molecule has 6 heteroatoms. The zero-order valence-electron chi connectivity index (χ0n) is 15.1. The van der Waals surface area contributed by atoms with E-state index in [0.717, 1.165) is 26.1 Å². The second-order valence-corrected chi connectivity index (χ2v) is 6.41. The van der Waals surface area contributed by atoms with Crippen LogP contribution in [0.25, 0.3) is 10.9 Å². The van der Waals surface area contributed by atoms with E-state index in [0.29, 0.717) is 23.0 Å². The van der Waals surface area contributed by atoms with Crippen molar-refractivity contribution in [2.24, 2.45) is 0 Å². The molecule has 1 aromatic carbocycles. The lowest BCUT2D eigenvalue weighted by Gasteiger charge is -2.29. The van der Waals surface area contributed by atoms with Gasteiger partial charge in [0.25, 0.3) is 0 Å². The summed E-state index contributed by atoms with van der Waals surface area (Å²) in [6, 6.07) is 6.05. The van der Waals surface area contributed by atoms with E-state index in [1.165, 1.54) is 12.1 Å². The van der Waals surface area contributed by atoms with Crippen LogP contribution in [0, 0.1) is 5.82 Å². The minimum absolute atomic E-state index is 0.364. The molecular weight excluding hydrogens is 321 g/mol. The Hall–Kier alpha value is -2.21. The number of hydrogen-bond acceptors (Lipinski definition) is 4. The van der Waals surface area contributed by atoms with Crippen molar-refractivity contribution in [1.82, 2.24) is 9.88 Å². The highest BCUT2D eigenvalue weighted by Crippen LogP contribution is 2.27. The summed E-state index contributed by atoms with van der Waals surface area (Å²) < 4.78 is 13.4. The lowest BCUT2D eigenvalue weighted by Crippen LogP contribution is -2.44. The largest absolute Gasteiger partial charge is 0.480 e. The van der Waals surface area contributed by atoms with Crippen LogP contribution in [0.5, 0.6) is 0 Å². The number of anilines is 1. The molecule has 1 aromatic heterocycles. The Morgan fingerprint density at radius 1 is 1.32 bits per heavy atom. The first-order valence-corrected chi connectivity index (χ1v) is 8.68. The van der Waals surface area contributed by atoms with Gasteiger partial charge in [0.1, 0.15) is 11.4 Å². The summed E-state index contributed by atoms with van der Waals surface area (Å²) in [5, 5.41) is 13.6. The number of nitrogens with one attached hydrogen (secondary N) is 1. The van der Waals surface area contributed by atoms with Gasteiger partial charge in [0.15, 0.2) is 0 Å². The van der Waals surface area contributed by atoms with E-state index in [1.54, 1.807) is 25.3 Å². The lowest BCUT2D eigenvalue weighted by atomic mass is 9.94. The molecule has 0 fully saturated rings.